The quantitative estimate of drug-likeness (QED) is 0.542. The van der Waals surface area contributed by atoms with Crippen molar-refractivity contribution in [3.8, 4) is 5.75 Å². The number of rotatable bonds is 2. The summed E-state index contributed by atoms with van der Waals surface area (Å²) in [6.45, 7) is 1.95. The second-order valence-corrected chi connectivity index (χ2v) is 6.26. The number of aryl methyl sites for hydroxylation is 1. The molecule has 7 heteroatoms. The predicted octanol–water partition coefficient (Wildman–Crippen LogP) is 4.14. The summed E-state index contributed by atoms with van der Waals surface area (Å²) in [5, 5.41) is 14.2. The first-order chi connectivity index (χ1) is 11.1. The van der Waals surface area contributed by atoms with E-state index in [1.165, 1.54) is 18.5 Å². The zero-order valence-electron chi connectivity index (χ0n) is 12.0. The molecule has 0 atom stereocenters. The van der Waals surface area contributed by atoms with Crippen molar-refractivity contribution in [1.29, 1.82) is 0 Å². The number of benzene rings is 2. The van der Waals surface area contributed by atoms with Crippen molar-refractivity contribution in [2.75, 3.05) is 5.32 Å². The van der Waals surface area contributed by atoms with Gasteiger partial charge in [-0.25, -0.2) is 19.3 Å². The molecule has 0 spiro atoms. The van der Waals surface area contributed by atoms with Crippen molar-refractivity contribution < 1.29 is 9.50 Å². The Morgan fingerprint density at radius 1 is 1.13 bits per heavy atom. The summed E-state index contributed by atoms with van der Waals surface area (Å²) < 4.78 is 14.5. The molecule has 114 valence electrons. The zero-order chi connectivity index (χ0) is 16.0. The van der Waals surface area contributed by atoms with Gasteiger partial charge in [-0.15, -0.1) is 11.3 Å². The van der Waals surface area contributed by atoms with E-state index in [4.69, 9.17) is 0 Å². The Kier molecular flexibility index (Phi) is 3.09. The average molecular weight is 326 g/mol. The number of anilines is 2. The third-order valence-corrected chi connectivity index (χ3v) is 4.48. The summed E-state index contributed by atoms with van der Waals surface area (Å²) in [5.74, 6) is -0.495. The van der Waals surface area contributed by atoms with E-state index >= 15 is 0 Å². The molecule has 0 amide bonds. The Balaban J connectivity index is 1.91. The Morgan fingerprint density at radius 2 is 1.96 bits per heavy atom. The first-order valence-corrected chi connectivity index (χ1v) is 7.70. The first kappa shape index (κ1) is 13.8. The van der Waals surface area contributed by atoms with Crippen LogP contribution in [-0.4, -0.2) is 20.1 Å². The van der Waals surface area contributed by atoms with Crippen molar-refractivity contribution in [3.63, 3.8) is 0 Å². The predicted molar refractivity (Wildman–Crippen MR) is 88.8 cm³/mol. The molecule has 23 heavy (non-hydrogen) atoms. The fourth-order valence-electron chi connectivity index (χ4n) is 2.46. The van der Waals surface area contributed by atoms with Gasteiger partial charge >= 0.3 is 0 Å². The molecular formula is C16H11FN4OS. The van der Waals surface area contributed by atoms with Gasteiger partial charge in [0.05, 0.1) is 26.1 Å². The molecular weight excluding hydrogens is 315 g/mol. The summed E-state index contributed by atoms with van der Waals surface area (Å²) in [4.78, 5) is 13.1. The van der Waals surface area contributed by atoms with Crippen LogP contribution in [0, 0.1) is 12.7 Å². The number of fused-ring (bicyclic) bond motifs is 3. The number of hydrogen-bond donors (Lipinski definition) is 2. The van der Waals surface area contributed by atoms with Crippen LogP contribution in [0.5, 0.6) is 5.75 Å². The Morgan fingerprint density at radius 3 is 2.78 bits per heavy atom. The minimum absolute atomic E-state index is 0.386. The molecule has 0 aliphatic heterocycles. The van der Waals surface area contributed by atoms with Crippen LogP contribution in [0.3, 0.4) is 0 Å². The van der Waals surface area contributed by atoms with Crippen molar-refractivity contribution in [2.45, 2.75) is 6.92 Å². The number of hydrogen-bond acceptors (Lipinski definition) is 6. The molecule has 0 bridgehead atoms. The van der Waals surface area contributed by atoms with E-state index in [1.807, 2.05) is 19.1 Å². The molecule has 2 N–H and O–H groups in total. The van der Waals surface area contributed by atoms with Crippen LogP contribution in [-0.2, 0) is 0 Å². The van der Waals surface area contributed by atoms with E-state index in [-0.39, 0.29) is 5.75 Å². The van der Waals surface area contributed by atoms with Gasteiger partial charge in [-0.3, -0.25) is 0 Å². The topological polar surface area (TPSA) is 70.9 Å². The average Bonchev–Trinajstić information content (AvgIpc) is 2.91. The number of phenols is 1. The van der Waals surface area contributed by atoms with E-state index in [0.29, 0.717) is 11.5 Å². The van der Waals surface area contributed by atoms with Crippen molar-refractivity contribution in [1.82, 2.24) is 15.0 Å². The summed E-state index contributed by atoms with van der Waals surface area (Å²) in [6, 6.07) is 7.93. The zero-order valence-corrected chi connectivity index (χ0v) is 12.9. The maximum Gasteiger partial charge on any atom is 0.166 e. The molecule has 4 aromatic rings. The van der Waals surface area contributed by atoms with Gasteiger partial charge in [0.15, 0.2) is 11.6 Å². The van der Waals surface area contributed by atoms with Gasteiger partial charge in [-0.05, 0) is 31.2 Å². The molecule has 0 radical (unpaired) electrons. The van der Waals surface area contributed by atoms with E-state index in [9.17, 15) is 9.50 Å². The SMILES string of the molecule is Cc1nc2ccc3ncnc(Nc4ccc(O)c(F)c4)c3c2s1. The summed E-state index contributed by atoms with van der Waals surface area (Å²) in [7, 11) is 0. The molecule has 0 unspecified atom stereocenters. The van der Waals surface area contributed by atoms with Gasteiger partial charge in [-0.1, -0.05) is 0 Å². The highest BCUT2D eigenvalue weighted by Gasteiger charge is 2.12. The number of halogens is 1. The molecule has 2 heterocycles. The molecule has 0 aliphatic rings. The van der Waals surface area contributed by atoms with Crippen molar-refractivity contribution in [3.05, 3.63) is 47.5 Å². The third-order valence-electron chi connectivity index (χ3n) is 3.47. The molecule has 0 aliphatic carbocycles. The largest absolute Gasteiger partial charge is 0.505 e. The maximum atomic E-state index is 13.5. The number of thiazole rings is 1. The Labute approximate surface area is 134 Å². The summed E-state index contributed by atoms with van der Waals surface area (Å²) in [5.41, 5.74) is 2.17. The normalized spacial score (nSPS) is 11.2. The standard InChI is InChI=1S/C16H11FN4OS/c1-8-20-12-4-3-11-14(15(12)23-8)16(19-7-18-11)21-9-2-5-13(22)10(17)6-9/h2-7,22H,1H3,(H,18,19,21). The lowest BCUT2D eigenvalue weighted by Gasteiger charge is -2.09. The summed E-state index contributed by atoms with van der Waals surface area (Å²) >= 11 is 1.57. The van der Waals surface area contributed by atoms with Crippen LogP contribution in [0.2, 0.25) is 0 Å². The number of phenolic OH excluding ortho intramolecular Hbond substituents is 1. The Hall–Kier alpha value is -2.80. The van der Waals surface area contributed by atoms with Gasteiger partial charge < -0.3 is 10.4 Å². The molecule has 0 saturated heterocycles. The van der Waals surface area contributed by atoms with Gasteiger partial charge in [0.2, 0.25) is 0 Å². The van der Waals surface area contributed by atoms with Gasteiger partial charge in [0.1, 0.15) is 12.1 Å². The minimum Gasteiger partial charge on any atom is -0.505 e. The van der Waals surface area contributed by atoms with E-state index < -0.39 is 5.82 Å². The van der Waals surface area contributed by atoms with E-state index in [2.05, 4.69) is 20.3 Å². The lowest BCUT2D eigenvalue weighted by molar-refractivity contribution is 0.432. The third kappa shape index (κ3) is 2.35. The molecule has 0 saturated carbocycles. The highest BCUT2D eigenvalue weighted by atomic mass is 32.1. The Bertz CT molecular complexity index is 1050. The molecule has 2 aromatic carbocycles. The molecule has 0 fully saturated rings. The molecule has 2 aromatic heterocycles. The molecule has 4 rings (SSSR count). The van der Waals surface area contributed by atoms with Gasteiger partial charge in [0, 0.05) is 11.8 Å². The number of aromatic hydroxyl groups is 1. The van der Waals surface area contributed by atoms with Crippen LogP contribution in [0.1, 0.15) is 5.01 Å². The van der Waals surface area contributed by atoms with Crippen molar-refractivity contribution in [2.24, 2.45) is 0 Å². The fraction of sp³-hybridized carbons (Fsp3) is 0.0625. The van der Waals surface area contributed by atoms with E-state index in [0.717, 1.165) is 26.1 Å². The lowest BCUT2D eigenvalue weighted by atomic mass is 10.2. The van der Waals surface area contributed by atoms with Gasteiger partial charge in [-0.2, -0.15) is 0 Å². The smallest absolute Gasteiger partial charge is 0.166 e. The molecule has 5 nitrogen and oxygen atoms in total. The maximum absolute atomic E-state index is 13.5. The summed E-state index contributed by atoms with van der Waals surface area (Å²) in [6.07, 6.45) is 1.46. The monoisotopic (exact) mass is 326 g/mol. The van der Waals surface area contributed by atoms with Crippen molar-refractivity contribution >= 4 is 44.0 Å². The van der Waals surface area contributed by atoms with Crippen LogP contribution < -0.4 is 5.32 Å². The first-order valence-electron chi connectivity index (χ1n) is 6.88. The lowest BCUT2D eigenvalue weighted by Crippen LogP contribution is -1.96. The highest BCUT2D eigenvalue weighted by Crippen LogP contribution is 2.34. The number of nitrogens with zero attached hydrogens (tertiary/aromatic N) is 3. The van der Waals surface area contributed by atoms with E-state index in [1.54, 1.807) is 17.4 Å². The minimum atomic E-state index is -0.688. The number of aromatic nitrogens is 3. The van der Waals surface area contributed by atoms with Gasteiger partial charge in [0.25, 0.3) is 0 Å². The second-order valence-electron chi connectivity index (χ2n) is 5.05. The highest BCUT2D eigenvalue weighted by molar-refractivity contribution is 7.19. The van der Waals surface area contributed by atoms with Crippen LogP contribution in [0.4, 0.5) is 15.9 Å². The second kappa shape index (κ2) is 5.13. The van der Waals surface area contributed by atoms with Crippen LogP contribution >= 0.6 is 11.3 Å². The van der Waals surface area contributed by atoms with Crippen LogP contribution in [0.25, 0.3) is 21.1 Å². The fourth-order valence-corrected chi connectivity index (χ4v) is 3.42. The number of nitrogens with one attached hydrogen (secondary N) is 1. The van der Waals surface area contributed by atoms with Crippen LogP contribution in [0.15, 0.2) is 36.7 Å².